The van der Waals surface area contributed by atoms with Gasteiger partial charge in [-0.15, -0.1) is 0 Å². The van der Waals surface area contributed by atoms with Crippen molar-refractivity contribution in [2.45, 2.75) is 39.2 Å². The Hall–Kier alpha value is -2.04. The van der Waals surface area contributed by atoms with Crippen molar-refractivity contribution in [3.63, 3.8) is 0 Å². The molecule has 1 aliphatic carbocycles. The molecule has 5 nitrogen and oxygen atoms in total. The highest BCUT2D eigenvalue weighted by molar-refractivity contribution is 5.91. The Morgan fingerprint density at radius 3 is 2.59 bits per heavy atom. The number of rotatable bonds is 4. The first-order valence-electron chi connectivity index (χ1n) is 7.27. The molecule has 0 saturated heterocycles. The van der Waals surface area contributed by atoms with Crippen LogP contribution in [0, 0.1) is 11.3 Å². The van der Waals surface area contributed by atoms with Gasteiger partial charge in [0, 0.05) is 0 Å². The fourth-order valence-corrected chi connectivity index (χ4v) is 2.71. The molecule has 0 bridgehead atoms. The molecule has 1 saturated carbocycles. The number of carbonyl (C=O) groups is 2. The molecule has 22 heavy (non-hydrogen) atoms. The summed E-state index contributed by atoms with van der Waals surface area (Å²) in [5, 5.41) is 9.55. The Balaban J connectivity index is 2.18. The maximum absolute atomic E-state index is 12.2. The first-order valence-corrected chi connectivity index (χ1v) is 7.27. The second-order valence-electron chi connectivity index (χ2n) is 6.78. The molecule has 0 aliphatic heterocycles. The van der Waals surface area contributed by atoms with Crippen molar-refractivity contribution in [1.29, 1.82) is 0 Å². The van der Waals surface area contributed by atoms with E-state index in [1.165, 1.54) is 7.11 Å². The standard InChI is InChI=1S/C17H22O5/c1-16(2,3)22-14(19)13-10-17(13,15(20)21-4)9-11-6-5-7-12(18)8-11/h5-8,13,18H,9-10H2,1-4H3/t13?,17-/m0/s1. The van der Waals surface area contributed by atoms with E-state index < -0.39 is 22.9 Å². The van der Waals surface area contributed by atoms with Gasteiger partial charge in [-0.1, -0.05) is 12.1 Å². The van der Waals surface area contributed by atoms with E-state index in [0.29, 0.717) is 12.8 Å². The predicted molar refractivity (Wildman–Crippen MR) is 80.2 cm³/mol. The van der Waals surface area contributed by atoms with Crippen LogP contribution in [0.1, 0.15) is 32.8 Å². The summed E-state index contributed by atoms with van der Waals surface area (Å²) in [6, 6.07) is 6.68. The molecular weight excluding hydrogens is 284 g/mol. The maximum atomic E-state index is 12.2. The lowest BCUT2D eigenvalue weighted by molar-refractivity contribution is -0.161. The number of ether oxygens (including phenoxy) is 2. The van der Waals surface area contributed by atoms with Crippen LogP contribution in [0.5, 0.6) is 5.75 Å². The highest BCUT2D eigenvalue weighted by atomic mass is 16.6. The third-order valence-electron chi connectivity index (χ3n) is 3.79. The molecule has 120 valence electrons. The van der Waals surface area contributed by atoms with Crippen molar-refractivity contribution in [3.05, 3.63) is 29.8 Å². The number of phenolic OH excluding ortho intramolecular Hbond substituents is 1. The maximum Gasteiger partial charge on any atom is 0.313 e. The van der Waals surface area contributed by atoms with Crippen LogP contribution in [0.25, 0.3) is 0 Å². The van der Waals surface area contributed by atoms with Crippen LogP contribution in [-0.4, -0.2) is 29.8 Å². The average Bonchev–Trinajstić information content (AvgIpc) is 3.11. The summed E-state index contributed by atoms with van der Waals surface area (Å²) < 4.78 is 10.3. The Bertz CT molecular complexity index is 587. The minimum atomic E-state index is -0.884. The largest absolute Gasteiger partial charge is 0.508 e. The van der Waals surface area contributed by atoms with Crippen LogP contribution < -0.4 is 0 Å². The number of hydrogen-bond acceptors (Lipinski definition) is 5. The van der Waals surface area contributed by atoms with Gasteiger partial charge in [0.05, 0.1) is 18.4 Å². The van der Waals surface area contributed by atoms with Gasteiger partial charge in [0.25, 0.3) is 0 Å². The number of esters is 2. The van der Waals surface area contributed by atoms with Crippen molar-refractivity contribution in [1.82, 2.24) is 0 Å². The van der Waals surface area contributed by atoms with E-state index in [2.05, 4.69) is 0 Å². The van der Waals surface area contributed by atoms with Crippen LogP contribution >= 0.6 is 0 Å². The zero-order valence-corrected chi connectivity index (χ0v) is 13.4. The first kappa shape index (κ1) is 16.3. The molecule has 0 amide bonds. The fraction of sp³-hybridized carbons (Fsp3) is 0.529. The summed E-state index contributed by atoms with van der Waals surface area (Å²) in [5.74, 6) is -1.15. The average molecular weight is 306 g/mol. The topological polar surface area (TPSA) is 72.8 Å². The third-order valence-corrected chi connectivity index (χ3v) is 3.79. The number of aromatic hydroxyl groups is 1. The van der Waals surface area contributed by atoms with Crippen LogP contribution in [0.2, 0.25) is 0 Å². The molecule has 1 aliphatic rings. The summed E-state index contributed by atoms with van der Waals surface area (Å²) in [6.45, 7) is 5.38. The second kappa shape index (κ2) is 5.63. The van der Waals surface area contributed by atoms with Crippen molar-refractivity contribution in [2.24, 2.45) is 11.3 Å². The molecule has 0 heterocycles. The predicted octanol–water partition coefficient (Wildman–Crippen LogP) is 2.46. The van der Waals surface area contributed by atoms with E-state index in [9.17, 15) is 14.7 Å². The quantitative estimate of drug-likeness (QED) is 0.865. The van der Waals surface area contributed by atoms with E-state index in [1.54, 1.807) is 39.0 Å². The zero-order valence-electron chi connectivity index (χ0n) is 13.4. The molecule has 1 aromatic rings. The Kier molecular flexibility index (Phi) is 4.18. The van der Waals surface area contributed by atoms with Gasteiger partial charge in [-0.3, -0.25) is 9.59 Å². The molecule has 0 spiro atoms. The fourth-order valence-electron chi connectivity index (χ4n) is 2.71. The van der Waals surface area contributed by atoms with Crippen LogP contribution in [0.4, 0.5) is 0 Å². The highest BCUT2D eigenvalue weighted by Crippen LogP contribution is 2.56. The number of methoxy groups -OCH3 is 1. The van der Waals surface area contributed by atoms with Gasteiger partial charge >= 0.3 is 11.9 Å². The Labute approximate surface area is 130 Å². The van der Waals surface area contributed by atoms with Gasteiger partial charge in [-0.05, 0) is 51.3 Å². The second-order valence-corrected chi connectivity index (χ2v) is 6.78. The zero-order chi connectivity index (χ0) is 16.5. The summed E-state index contributed by atoms with van der Waals surface area (Å²) in [6.07, 6.45) is 0.752. The van der Waals surface area contributed by atoms with Crippen molar-refractivity contribution in [3.8, 4) is 5.75 Å². The van der Waals surface area contributed by atoms with Gasteiger partial charge in [0.15, 0.2) is 0 Å². The lowest BCUT2D eigenvalue weighted by atomic mass is 9.93. The number of benzene rings is 1. The molecule has 2 atom stereocenters. The third kappa shape index (κ3) is 3.40. The molecule has 2 rings (SSSR count). The van der Waals surface area contributed by atoms with Crippen molar-refractivity contribution in [2.75, 3.05) is 7.11 Å². The van der Waals surface area contributed by atoms with Crippen molar-refractivity contribution >= 4 is 11.9 Å². The smallest absolute Gasteiger partial charge is 0.313 e. The van der Waals surface area contributed by atoms with Crippen LogP contribution in [0.3, 0.4) is 0 Å². The number of carbonyl (C=O) groups excluding carboxylic acids is 2. The monoisotopic (exact) mass is 306 g/mol. The van der Waals surface area contributed by atoms with E-state index in [1.807, 2.05) is 6.07 Å². The Morgan fingerprint density at radius 1 is 1.36 bits per heavy atom. The van der Waals surface area contributed by atoms with E-state index in [0.717, 1.165) is 5.56 Å². The minimum Gasteiger partial charge on any atom is -0.508 e. The summed E-state index contributed by atoms with van der Waals surface area (Å²) in [7, 11) is 1.32. The lowest BCUT2D eigenvalue weighted by Gasteiger charge is -2.21. The van der Waals surface area contributed by atoms with Gasteiger partial charge in [-0.25, -0.2) is 0 Å². The SMILES string of the molecule is COC(=O)[C@@]1(Cc2cccc(O)c2)CC1C(=O)OC(C)(C)C. The van der Waals surface area contributed by atoms with Crippen LogP contribution in [-0.2, 0) is 25.5 Å². The number of phenols is 1. The van der Waals surface area contributed by atoms with Crippen LogP contribution in [0.15, 0.2) is 24.3 Å². The van der Waals surface area contributed by atoms with E-state index in [4.69, 9.17) is 9.47 Å². The molecule has 5 heteroatoms. The summed E-state index contributed by atoms with van der Waals surface area (Å²) in [4.78, 5) is 24.4. The van der Waals surface area contributed by atoms with Gasteiger partial charge < -0.3 is 14.6 Å². The lowest BCUT2D eigenvalue weighted by Crippen LogP contribution is -2.30. The molecular formula is C17H22O5. The molecule has 0 aromatic heterocycles. The van der Waals surface area contributed by atoms with Gasteiger partial charge in [0.2, 0.25) is 0 Å². The number of hydrogen-bond donors (Lipinski definition) is 1. The van der Waals surface area contributed by atoms with E-state index >= 15 is 0 Å². The minimum absolute atomic E-state index is 0.131. The summed E-state index contributed by atoms with van der Waals surface area (Å²) in [5.41, 5.74) is -0.686. The molecule has 1 unspecified atom stereocenters. The highest BCUT2D eigenvalue weighted by Gasteiger charge is 2.65. The van der Waals surface area contributed by atoms with Gasteiger partial charge in [-0.2, -0.15) is 0 Å². The Morgan fingerprint density at radius 2 is 2.05 bits per heavy atom. The molecule has 0 radical (unpaired) electrons. The summed E-state index contributed by atoms with van der Waals surface area (Å²) >= 11 is 0. The van der Waals surface area contributed by atoms with Crippen molar-refractivity contribution < 1.29 is 24.2 Å². The molecule has 1 fully saturated rings. The normalized spacial score (nSPS) is 23.7. The van der Waals surface area contributed by atoms with Gasteiger partial charge in [0.1, 0.15) is 11.4 Å². The molecule has 1 N–H and O–H groups in total. The first-order chi connectivity index (χ1) is 10.2. The molecule has 1 aromatic carbocycles. The van der Waals surface area contributed by atoms with E-state index in [-0.39, 0.29) is 11.7 Å².